The molecule has 3 heteroatoms. The Morgan fingerprint density at radius 3 is 2.80 bits per heavy atom. The van der Waals surface area contributed by atoms with E-state index < -0.39 is 0 Å². The molecule has 1 aromatic heterocycles. The first-order valence-electron chi connectivity index (χ1n) is 7.52. The molecule has 1 aromatic carbocycles. The molecule has 0 unspecified atom stereocenters. The smallest absolute Gasteiger partial charge is 0.0672 e. The molecule has 2 aromatic rings. The third-order valence-electron chi connectivity index (χ3n) is 3.86. The highest BCUT2D eigenvalue weighted by Crippen LogP contribution is 2.25. The summed E-state index contributed by atoms with van der Waals surface area (Å²) in [6.45, 7) is 7.37. The van der Waals surface area contributed by atoms with Crippen LogP contribution in [0.25, 0.3) is 11.1 Å². The Labute approximate surface area is 121 Å². The molecule has 1 heterocycles. The Morgan fingerprint density at radius 2 is 2.15 bits per heavy atom. The molecule has 3 nitrogen and oxygen atoms in total. The monoisotopic (exact) mass is 269 g/mol. The van der Waals surface area contributed by atoms with Gasteiger partial charge in [0.1, 0.15) is 0 Å². The number of benzene rings is 1. The Balaban J connectivity index is 1.83. The summed E-state index contributed by atoms with van der Waals surface area (Å²) in [4.78, 5) is 0. The van der Waals surface area contributed by atoms with E-state index in [9.17, 15) is 0 Å². The molecular formula is C17H23N3. The van der Waals surface area contributed by atoms with E-state index in [1.165, 1.54) is 29.5 Å². The average Bonchev–Trinajstić information content (AvgIpc) is 3.18. The molecule has 0 aliphatic heterocycles. The lowest BCUT2D eigenvalue weighted by Gasteiger charge is -2.06. The van der Waals surface area contributed by atoms with Gasteiger partial charge in [0.25, 0.3) is 0 Å². The molecule has 0 amide bonds. The normalized spacial score (nSPS) is 15.0. The van der Waals surface area contributed by atoms with Gasteiger partial charge < -0.3 is 5.32 Å². The molecule has 0 spiro atoms. The van der Waals surface area contributed by atoms with Crippen LogP contribution in [0.4, 0.5) is 0 Å². The predicted molar refractivity (Wildman–Crippen MR) is 82.6 cm³/mol. The highest BCUT2D eigenvalue weighted by Gasteiger charge is 2.20. The van der Waals surface area contributed by atoms with E-state index in [0.29, 0.717) is 6.04 Å². The van der Waals surface area contributed by atoms with Gasteiger partial charge in [-0.05, 0) is 50.8 Å². The first-order valence-corrected chi connectivity index (χ1v) is 7.52. The van der Waals surface area contributed by atoms with E-state index in [2.05, 4.69) is 61.6 Å². The van der Waals surface area contributed by atoms with E-state index in [1.807, 2.05) is 4.68 Å². The largest absolute Gasteiger partial charge is 0.310 e. The van der Waals surface area contributed by atoms with Crippen molar-refractivity contribution in [3.8, 4) is 11.1 Å². The summed E-state index contributed by atoms with van der Waals surface area (Å²) in [5, 5.41) is 8.17. The number of hydrogen-bond donors (Lipinski definition) is 1. The number of nitrogens with zero attached hydrogens (tertiary/aromatic N) is 2. The minimum Gasteiger partial charge on any atom is -0.310 e. The van der Waals surface area contributed by atoms with E-state index >= 15 is 0 Å². The van der Waals surface area contributed by atoms with Crippen molar-refractivity contribution < 1.29 is 0 Å². The summed E-state index contributed by atoms with van der Waals surface area (Å²) in [5.41, 5.74) is 4.97. The van der Waals surface area contributed by atoms with Gasteiger partial charge in [0.2, 0.25) is 0 Å². The van der Waals surface area contributed by atoms with E-state index in [1.54, 1.807) is 0 Å². The van der Waals surface area contributed by atoms with Crippen molar-refractivity contribution in [2.24, 2.45) is 0 Å². The lowest BCUT2D eigenvalue weighted by molar-refractivity contribution is 0.529. The van der Waals surface area contributed by atoms with Crippen LogP contribution in [-0.4, -0.2) is 15.8 Å². The van der Waals surface area contributed by atoms with Crippen LogP contribution in [0.3, 0.4) is 0 Å². The van der Waals surface area contributed by atoms with Crippen LogP contribution in [0.2, 0.25) is 0 Å². The fraction of sp³-hybridized carbons (Fsp3) is 0.471. The van der Waals surface area contributed by atoms with Crippen molar-refractivity contribution in [3.63, 3.8) is 0 Å². The molecular weight excluding hydrogens is 246 g/mol. The zero-order valence-electron chi connectivity index (χ0n) is 12.6. The lowest BCUT2D eigenvalue weighted by Crippen LogP contribution is -2.15. The number of aryl methyl sites for hydroxylation is 1. The summed E-state index contributed by atoms with van der Waals surface area (Å²) in [5.74, 6) is 0. The molecule has 20 heavy (non-hydrogen) atoms. The number of aromatic nitrogens is 2. The molecule has 0 atom stereocenters. The minimum absolute atomic E-state index is 0.405. The van der Waals surface area contributed by atoms with Crippen LogP contribution >= 0.6 is 0 Å². The van der Waals surface area contributed by atoms with Gasteiger partial charge in [0, 0.05) is 30.4 Å². The molecule has 1 fully saturated rings. The SMILES string of the molecule is Cc1nn(C(C)C)cc1-c1cccc(CNC2CC2)c1. The van der Waals surface area contributed by atoms with Crippen LogP contribution in [0.1, 0.15) is 44.0 Å². The van der Waals surface area contributed by atoms with E-state index in [0.717, 1.165) is 18.3 Å². The number of hydrogen-bond acceptors (Lipinski definition) is 2. The Bertz CT molecular complexity index is 594. The Kier molecular flexibility index (Phi) is 3.62. The maximum Gasteiger partial charge on any atom is 0.0672 e. The van der Waals surface area contributed by atoms with Crippen molar-refractivity contribution in [1.29, 1.82) is 0 Å². The summed E-state index contributed by atoms with van der Waals surface area (Å²) in [7, 11) is 0. The quantitative estimate of drug-likeness (QED) is 0.897. The number of nitrogens with one attached hydrogen (secondary N) is 1. The van der Waals surface area contributed by atoms with Gasteiger partial charge in [0.05, 0.1) is 5.69 Å². The molecule has 1 N–H and O–H groups in total. The van der Waals surface area contributed by atoms with Gasteiger partial charge >= 0.3 is 0 Å². The van der Waals surface area contributed by atoms with Crippen molar-refractivity contribution in [1.82, 2.24) is 15.1 Å². The van der Waals surface area contributed by atoms with Crippen molar-refractivity contribution >= 4 is 0 Å². The van der Waals surface area contributed by atoms with Gasteiger partial charge in [-0.2, -0.15) is 5.10 Å². The lowest BCUT2D eigenvalue weighted by atomic mass is 10.0. The van der Waals surface area contributed by atoms with Crippen LogP contribution < -0.4 is 5.32 Å². The summed E-state index contributed by atoms with van der Waals surface area (Å²) < 4.78 is 2.04. The maximum absolute atomic E-state index is 4.60. The van der Waals surface area contributed by atoms with Crippen LogP contribution in [0.15, 0.2) is 30.5 Å². The van der Waals surface area contributed by atoms with Crippen LogP contribution in [-0.2, 0) is 6.54 Å². The second-order valence-electron chi connectivity index (χ2n) is 6.06. The second kappa shape index (κ2) is 5.41. The fourth-order valence-corrected chi connectivity index (χ4v) is 2.43. The third-order valence-corrected chi connectivity index (χ3v) is 3.86. The molecule has 106 valence electrons. The molecule has 1 saturated carbocycles. The maximum atomic E-state index is 4.60. The first-order chi connectivity index (χ1) is 9.63. The van der Waals surface area contributed by atoms with Gasteiger partial charge in [-0.1, -0.05) is 18.2 Å². The van der Waals surface area contributed by atoms with E-state index in [-0.39, 0.29) is 0 Å². The van der Waals surface area contributed by atoms with E-state index in [4.69, 9.17) is 0 Å². The van der Waals surface area contributed by atoms with Crippen molar-refractivity contribution in [2.75, 3.05) is 0 Å². The van der Waals surface area contributed by atoms with Crippen molar-refractivity contribution in [3.05, 3.63) is 41.7 Å². The standard InChI is InChI=1S/C17H23N3/c1-12(2)20-11-17(13(3)19-20)15-6-4-5-14(9-15)10-18-16-7-8-16/h4-6,9,11-12,16,18H,7-8,10H2,1-3H3. The minimum atomic E-state index is 0.405. The fourth-order valence-electron chi connectivity index (χ4n) is 2.43. The topological polar surface area (TPSA) is 29.9 Å². The zero-order chi connectivity index (χ0) is 14.1. The highest BCUT2D eigenvalue weighted by atomic mass is 15.3. The molecule has 0 radical (unpaired) electrons. The molecule has 1 aliphatic carbocycles. The molecule has 0 saturated heterocycles. The van der Waals surface area contributed by atoms with Gasteiger partial charge in [0.15, 0.2) is 0 Å². The van der Waals surface area contributed by atoms with Crippen LogP contribution in [0, 0.1) is 6.92 Å². The Hall–Kier alpha value is -1.61. The predicted octanol–water partition coefficient (Wildman–Crippen LogP) is 3.69. The van der Waals surface area contributed by atoms with Crippen LogP contribution in [0.5, 0.6) is 0 Å². The summed E-state index contributed by atoms with van der Waals surface area (Å²) >= 11 is 0. The summed E-state index contributed by atoms with van der Waals surface area (Å²) in [6.07, 6.45) is 4.83. The summed E-state index contributed by atoms with van der Waals surface area (Å²) in [6, 6.07) is 9.96. The van der Waals surface area contributed by atoms with Crippen molar-refractivity contribution in [2.45, 2.75) is 52.2 Å². The van der Waals surface area contributed by atoms with Gasteiger partial charge in [-0.25, -0.2) is 0 Å². The molecule has 3 rings (SSSR count). The second-order valence-corrected chi connectivity index (χ2v) is 6.06. The molecule has 0 bridgehead atoms. The van der Waals surface area contributed by atoms with Gasteiger partial charge in [-0.3, -0.25) is 4.68 Å². The zero-order valence-corrected chi connectivity index (χ0v) is 12.6. The molecule has 1 aliphatic rings. The van der Waals surface area contributed by atoms with Gasteiger partial charge in [-0.15, -0.1) is 0 Å². The third kappa shape index (κ3) is 2.93. The average molecular weight is 269 g/mol. The Morgan fingerprint density at radius 1 is 1.35 bits per heavy atom. The highest BCUT2D eigenvalue weighted by molar-refractivity contribution is 5.65. The number of rotatable bonds is 5. The first kappa shape index (κ1) is 13.4.